The molecule has 0 aromatic carbocycles. The summed E-state index contributed by atoms with van der Waals surface area (Å²) in [5, 5.41) is 4.34. The first-order valence-corrected chi connectivity index (χ1v) is 9.64. The number of ether oxygens (including phenoxy) is 1. The van der Waals surface area contributed by atoms with Crippen LogP contribution in [0.3, 0.4) is 0 Å². The van der Waals surface area contributed by atoms with E-state index in [9.17, 15) is 4.79 Å². The van der Waals surface area contributed by atoms with Crippen LogP contribution in [0.4, 0.5) is 5.13 Å². The van der Waals surface area contributed by atoms with Crippen LogP contribution < -0.4 is 10.2 Å². The highest BCUT2D eigenvalue weighted by Gasteiger charge is 2.21. The van der Waals surface area contributed by atoms with Crippen LogP contribution in [0.15, 0.2) is 4.99 Å². The molecule has 0 spiro atoms. The van der Waals surface area contributed by atoms with Crippen molar-refractivity contribution in [3.63, 3.8) is 0 Å². The number of hydrogen-bond donors (Lipinski definition) is 1. The van der Waals surface area contributed by atoms with Crippen LogP contribution in [0, 0.1) is 0 Å². The Morgan fingerprint density at radius 3 is 2.68 bits per heavy atom. The highest BCUT2D eigenvalue weighted by Crippen LogP contribution is 2.19. The van der Waals surface area contributed by atoms with Crippen molar-refractivity contribution < 1.29 is 9.53 Å². The van der Waals surface area contributed by atoms with Crippen molar-refractivity contribution in [1.29, 1.82) is 0 Å². The summed E-state index contributed by atoms with van der Waals surface area (Å²) in [6, 6.07) is 0. The number of carbonyl (C=O) groups is 1. The average Bonchev–Trinajstić information content (AvgIpc) is 3.11. The van der Waals surface area contributed by atoms with Crippen LogP contribution in [0.5, 0.6) is 0 Å². The van der Waals surface area contributed by atoms with E-state index in [1.165, 1.54) is 11.5 Å². The normalized spacial score (nSPS) is 15.4. The summed E-state index contributed by atoms with van der Waals surface area (Å²) < 4.78 is 9.29. The molecule has 0 amide bonds. The molecule has 1 aromatic rings. The SMILES string of the molecule is CCOC(=O)CCCNC(=NC)N1CCN(c2nc(CC)ns2)CC1. The van der Waals surface area contributed by atoms with Crippen molar-refractivity contribution in [1.82, 2.24) is 19.6 Å². The Bertz CT molecular complexity index is 569. The van der Waals surface area contributed by atoms with Gasteiger partial charge in [-0.3, -0.25) is 9.79 Å². The monoisotopic (exact) mass is 368 g/mol. The van der Waals surface area contributed by atoms with Gasteiger partial charge < -0.3 is 19.9 Å². The number of rotatable bonds is 7. The third-order valence-electron chi connectivity index (χ3n) is 3.98. The smallest absolute Gasteiger partial charge is 0.305 e. The molecular weight excluding hydrogens is 340 g/mol. The minimum absolute atomic E-state index is 0.142. The number of carbonyl (C=O) groups excluding carboxylic acids is 1. The van der Waals surface area contributed by atoms with Gasteiger partial charge >= 0.3 is 5.97 Å². The summed E-state index contributed by atoms with van der Waals surface area (Å²) in [5.74, 6) is 1.66. The summed E-state index contributed by atoms with van der Waals surface area (Å²) in [6.07, 6.45) is 2.05. The maximum absolute atomic E-state index is 11.3. The zero-order chi connectivity index (χ0) is 18.1. The van der Waals surface area contributed by atoms with Gasteiger partial charge in [0.25, 0.3) is 0 Å². The summed E-state index contributed by atoms with van der Waals surface area (Å²) in [6.45, 7) is 8.62. The van der Waals surface area contributed by atoms with Crippen molar-refractivity contribution in [2.24, 2.45) is 4.99 Å². The fraction of sp³-hybridized carbons (Fsp3) is 0.750. The molecule has 0 radical (unpaired) electrons. The standard InChI is InChI=1S/C16H28N6O2S/c1-4-13-19-16(25-20-13)22-11-9-21(10-12-22)15(17-3)18-8-6-7-14(23)24-5-2/h4-12H2,1-3H3,(H,17,18). The molecule has 1 aromatic heterocycles. The third-order valence-corrected chi connectivity index (χ3v) is 4.80. The Balaban J connectivity index is 1.73. The van der Waals surface area contributed by atoms with Crippen LogP contribution >= 0.6 is 11.5 Å². The largest absolute Gasteiger partial charge is 0.466 e. The lowest BCUT2D eigenvalue weighted by atomic mass is 10.3. The van der Waals surface area contributed by atoms with Gasteiger partial charge in [0.15, 0.2) is 5.96 Å². The van der Waals surface area contributed by atoms with E-state index >= 15 is 0 Å². The van der Waals surface area contributed by atoms with Gasteiger partial charge in [-0.25, -0.2) is 4.98 Å². The Morgan fingerprint density at radius 2 is 2.08 bits per heavy atom. The van der Waals surface area contributed by atoms with Gasteiger partial charge in [-0.15, -0.1) is 0 Å². The number of hydrogen-bond acceptors (Lipinski definition) is 7. The van der Waals surface area contributed by atoms with Crippen molar-refractivity contribution in [2.75, 3.05) is 51.3 Å². The molecule has 9 heteroatoms. The lowest BCUT2D eigenvalue weighted by Crippen LogP contribution is -2.52. The maximum atomic E-state index is 11.3. The molecule has 0 atom stereocenters. The van der Waals surface area contributed by atoms with Crippen LogP contribution in [0.25, 0.3) is 0 Å². The quantitative estimate of drug-likeness (QED) is 0.334. The fourth-order valence-electron chi connectivity index (χ4n) is 2.62. The van der Waals surface area contributed by atoms with E-state index in [0.717, 1.165) is 55.9 Å². The number of nitrogens with zero attached hydrogens (tertiary/aromatic N) is 5. The van der Waals surface area contributed by atoms with Gasteiger partial charge in [0, 0.05) is 64.1 Å². The summed E-state index contributed by atoms with van der Waals surface area (Å²) in [7, 11) is 1.79. The number of aliphatic imine (C=N–C) groups is 1. The Morgan fingerprint density at radius 1 is 1.32 bits per heavy atom. The van der Waals surface area contributed by atoms with Crippen LogP contribution in [-0.2, 0) is 16.0 Å². The van der Waals surface area contributed by atoms with Gasteiger partial charge in [0.2, 0.25) is 5.13 Å². The third kappa shape index (κ3) is 5.84. The Hall–Kier alpha value is -1.90. The average molecular weight is 369 g/mol. The molecule has 1 aliphatic rings. The minimum atomic E-state index is -0.142. The predicted octanol–water partition coefficient (Wildman–Crippen LogP) is 1.14. The van der Waals surface area contributed by atoms with E-state index in [-0.39, 0.29) is 5.97 Å². The van der Waals surface area contributed by atoms with Crippen molar-refractivity contribution >= 4 is 28.6 Å². The van der Waals surface area contributed by atoms with E-state index in [2.05, 4.69) is 36.4 Å². The highest BCUT2D eigenvalue weighted by atomic mass is 32.1. The summed E-state index contributed by atoms with van der Waals surface area (Å²) in [4.78, 5) is 24.8. The molecule has 1 fully saturated rings. The van der Waals surface area contributed by atoms with Gasteiger partial charge in [-0.1, -0.05) is 6.92 Å². The molecule has 140 valence electrons. The number of nitrogens with one attached hydrogen (secondary N) is 1. The van der Waals surface area contributed by atoms with Crippen LogP contribution in [-0.4, -0.2) is 72.6 Å². The fourth-order valence-corrected chi connectivity index (χ4v) is 3.43. The minimum Gasteiger partial charge on any atom is -0.466 e. The van der Waals surface area contributed by atoms with Crippen LogP contribution in [0.1, 0.15) is 32.5 Å². The molecule has 0 aliphatic carbocycles. The molecule has 0 unspecified atom stereocenters. The number of anilines is 1. The molecule has 1 N–H and O–H groups in total. The van der Waals surface area contributed by atoms with Gasteiger partial charge in [0.05, 0.1) is 6.61 Å². The van der Waals surface area contributed by atoms with Crippen LogP contribution in [0.2, 0.25) is 0 Å². The lowest BCUT2D eigenvalue weighted by molar-refractivity contribution is -0.143. The van der Waals surface area contributed by atoms with E-state index in [0.29, 0.717) is 19.6 Å². The molecule has 25 heavy (non-hydrogen) atoms. The molecule has 2 heterocycles. The first kappa shape index (κ1) is 19.4. The summed E-state index contributed by atoms with van der Waals surface area (Å²) in [5.41, 5.74) is 0. The van der Waals surface area contributed by atoms with Gasteiger partial charge in [0.1, 0.15) is 5.82 Å². The second-order valence-electron chi connectivity index (χ2n) is 5.70. The first-order valence-electron chi connectivity index (χ1n) is 8.86. The molecular formula is C16H28N6O2S. The number of guanidine groups is 1. The van der Waals surface area contributed by atoms with E-state index in [1.807, 2.05) is 6.92 Å². The highest BCUT2D eigenvalue weighted by molar-refractivity contribution is 7.09. The molecule has 8 nitrogen and oxygen atoms in total. The zero-order valence-electron chi connectivity index (χ0n) is 15.3. The Kier molecular flexibility index (Phi) is 7.90. The second-order valence-corrected chi connectivity index (χ2v) is 6.43. The van der Waals surface area contributed by atoms with Crippen molar-refractivity contribution in [2.45, 2.75) is 33.1 Å². The second kappa shape index (κ2) is 10.2. The van der Waals surface area contributed by atoms with Gasteiger partial charge in [-0.2, -0.15) is 4.37 Å². The molecule has 0 bridgehead atoms. The number of aryl methyl sites for hydroxylation is 1. The maximum Gasteiger partial charge on any atom is 0.305 e. The zero-order valence-corrected chi connectivity index (χ0v) is 16.1. The number of piperazine rings is 1. The lowest BCUT2D eigenvalue weighted by Gasteiger charge is -2.36. The Labute approximate surface area is 153 Å². The van der Waals surface area contributed by atoms with E-state index in [1.54, 1.807) is 7.05 Å². The first-order chi connectivity index (χ1) is 12.2. The number of esters is 1. The molecule has 1 aliphatic heterocycles. The number of aromatic nitrogens is 2. The van der Waals surface area contributed by atoms with Gasteiger partial charge in [-0.05, 0) is 13.3 Å². The molecule has 1 saturated heterocycles. The molecule has 2 rings (SSSR count). The van der Waals surface area contributed by atoms with E-state index < -0.39 is 0 Å². The molecule has 0 saturated carbocycles. The van der Waals surface area contributed by atoms with Crippen molar-refractivity contribution in [3.8, 4) is 0 Å². The van der Waals surface area contributed by atoms with Crippen molar-refractivity contribution in [3.05, 3.63) is 5.82 Å². The topological polar surface area (TPSA) is 83.0 Å². The van der Waals surface area contributed by atoms with E-state index in [4.69, 9.17) is 4.74 Å². The summed E-state index contributed by atoms with van der Waals surface area (Å²) >= 11 is 1.48. The predicted molar refractivity (Wildman–Crippen MR) is 100 cm³/mol.